The van der Waals surface area contributed by atoms with Gasteiger partial charge in [-0.2, -0.15) is 0 Å². The van der Waals surface area contributed by atoms with Crippen molar-refractivity contribution in [2.45, 2.75) is 57.4 Å². The van der Waals surface area contributed by atoms with E-state index in [0.717, 1.165) is 5.82 Å². The fourth-order valence-electron chi connectivity index (χ4n) is 1.34. The predicted molar refractivity (Wildman–Crippen MR) is 76.2 cm³/mol. The summed E-state index contributed by atoms with van der Waals surface area (Å²) in [6.45, 7) is 10.6. The number of carbonyl (C=O) groups is 1. The van der Waals surface area contributed by atoms with E-state index in [9.17, 15) is 4.79 Å². The molecule has 5 nitrogen and oxygen atoms in total. The maximum atomic E-state index is 11.9. The minimum absolute atomic E-state index is 0.183. The first-order valence-corrected chi connectivity index (χ1v) is 7.57. The quantitative estimate of drug-likeness (QED) is 0.616. The highest BCUT2D eigenvalue weighted by atomic mass is 32.2. The summed E-state index contributed by atoms with van der Waals surface area (Å²) >= 11 is 1.36. The second-order valence-electron chi connectivity index (χ2n) is 5.20. The number of hydrogen-bond donors (Lipinski definition) is 1. The van der Waals surface area contributed by atoms with Crippen molar-refractivity contribution >= 4 is 17.7 Å². The van der Waals surface area contributed by atoms with Crippen LogP contribution in [0.1, 0.15) is 52.8 Å². The molecule has 0 aromatic carbocycles. The predicted octanol–water partition coefficient (Wildman–Crippen LogP) is 3.00. The molecule has 1 aromatic heterocycles. The average molecular weight is 285 g/mol. The lowest BCUT2D eigenvalue weighted by molar-refractivity contribution is -0.144. The summed E-state index contributed by atoms with van der Waals surface area (Å²) in [5, 5.41) is 7.38. The standard InChI is InChI=1S/C13H23N3O2S/c1-6-10(12(17)18-7-8(2)3)19-13-14-11(9(4)5)15-16-13/h8-10H,6-7H2,1-5H3,(H,14,15,16). The number of aromatic amines is 1. The minimum atomic E-state index is -0.241. The molecular weight excluding hydrogens is 262 g/mol. The Morgan fingerprint density at radius 3 is 2.53 bits per heavy atom. The number of carbonyl (C=O) groups excluding carboxylic acids is 1. The summed E-state index contributed by atoms with van der Waals surface area (Å²) in [7, 11) is 0. The second kappa shape index (κ2) is 7.53. The fourth-order valence-corrected chi connectivity index (χ4v) is 2.17. The van der Waals surface area contributed by atoms with Crippen LogP contribution in [0, 0.1) is 5.92 Å². The van der Waals surface area contributed by atoms with Gasteiger partial charge in [-0.1, -0.05) is 46.4 Å². The first kappa shape index (κ1) is 16.0. The van der Waals surface area contributed by atoms with Crippen LogP contribution in [0.25, 0.3) is 0 Å². The lowest BCUT2D eigenvalue weighted by Crippen LogP contribution is -2.21. The SMILES string of the molecule is CCC(Sc1n[nH]c(C(C)C)n1)C(=O)OCC(C)C. The molecule has 0 saturated carbocycles. The lowest BCUT2D eigenvalue weighted by atomic mass is 10.2. The monoisotopic (exact) mass is 285 g/mol. The van der Waals surface area contributed by atoms with Gasteiger partial charge in [-0.3, -0.25) is 9.89 Å². The van der Waals surface area contributed by atoms with Crippen LogP contribution in [-0.2, 0) is 9.53 Å². The van der Waals surface area contributed by atoms with Gasteiger partial charge in [0.05, 0.1) is 6.61 Å². The van der Waals surface area contributed by atoms with Gasteiger partial charge in [-0.15, -0.1) is 5.10 Å². The number of nitrogens with one attached hydrogen (secondary N) is 1. The van der Waals surface area contributed by atoms with Crippen molar-refractivity contribution in [3.05, 3.63) is 5.82 Å². The molecule has 0 saturated heterocycles. The van der Waals surface area contributed by atoms with Gasteiger partial charge in [0, 0.05) is 5.92 Å². The zero-order chi connectivity index (χ0) is 14.4. The number of nitrogens with zero attached hydrogens (tertiary/aromatic N) is 2. The van der Waals surface area contributed by atoms with Gasteiger partial charge in [0.2, 0.25) is 5.16 Å². The van der Waals surface area contributed by atoms with Crippen LogP contribution < -0.4 is 0 Å². The van der Waals surface area contributed by atoms with Crippen molar-refractivity contribution in [3.8, 4) is 0 Å². The summed E-state index contributed by atoms with van der Waals surface area (Å²) in [5.41, 5.74) is 0. The smallest absolute Gasteiger partial charge is 0.319 e. The number of esters is 1. The molecule has 0 aliphatic rings. The second-order valence-corrected chi connectivity index (χ2v) is 6.37. The molecule has 19 heavy (non-hydrogen) atoms. The molecule has 6 heteroatoms. The zero-order valence-electron chi connectivity index (χ0n) is 12.3. The highest BCUT2D eigenvalue weighted by molar-refractivity contribution is 8.00. The van der Waals surface area contributed by atoms with Gasteiger partial charge in [0.25, 0.3) is 0 Å². The molecule has 0 spiro atoms. The Kier molecular flexibility index (Phi) is 6.34. The molecule has 0 amide bonds. The van der Waals surface area contributed by atoms with Crippen molar-refractivity contribution in [1.29, 1.82) is 0 Å². The third-order valence-corrected chi connectivity index (χ3v) is 3.67. The van der Waals surface area contributed by atoms with Gasteiger partial charge in [0.1, 0.15) is 11.1 Å². The molecular formula is C13H23N3O2S. The molecule has 1 atom stereocenters. The first-order valence-electron chi connectivity index (χ1n) is 6.69. The fraction of sp³-hybridized carbons (Fsp3) is 0.769. The van der Waals surface area contributed by atoms with Crippen molar-refractivity contribution < 1.29 is 9.53 Å². The molecule has 0 radical (unpaired) electrons. The van der Waals surface area contributed by atoms with Gasteiger partial charge in [-0.05, 0) is 12.3 Å². The number of thioether (sulfide) groups is 1. The summed E-state index contributed by atoms with van der Waals surface area (Å²) in [5.74, 6) is 1.31. The van der Waals surface area contributed by atoms with Gasteiger partial charge < -0.3 is 4.74 Å². The molecule has 1 heterocycles. The maximum Gasteiger partial charge on any atom is 0.319 e. The van der Waals surface area contributed by atoms with Crippen LogP contribution in [0.15, 0.2) is 5.16 Å². The number of rotatable bonds is 7. The van der Waals surface area contributed by atoms with E-state index in [1.54, 1.807) is 0 Å². The van der Waals surface area contributed by atoms with Gasteiger partial charge in [-0.25, -0.2) is 4.98 Å². The molecule has 1 aromatic rings. The molecule has 0 fully saturated rings. The Morgan fingerprint density at radius 1 is 1.37 bits per heavy atom. The van der Waals surface area contributed by atoms with Crippen LogP contribution in [0.2, 0.25) is 0 Å². The van der Waals surface area contributed by atoms with Crippen LogP contribution in [0.4, 0.5) is 0 Å². The third kappa shape index (κ3) is 5.22. The Morgan fingerprint density at radius 2 is 2.05 bits per heavy atom. The van der Waals surface area contributed by atoms with E-state index in [0.29, 0.717) is 30.0 Å². The largest absolute Gasteiger partial charge is 0.465 e. The van der Waals surface area contributed by atoms with Crippen molar-refractivity contribution in [3.63, 3.8) is 0 Å². The Labute approximate surface area is 118 Å². The van der Waals surface area contributed by atoms with E-state index in [4.69, 9.17) is 4.74 Å². The molecule has 1 N–H and O–H groups in total. The molecule has 108 valence electrons. The van der Waals surface area contributed by atoms with E-state index in [-0.39, 0.29) is 11.2 Å². The molecule has 1 rings (SSSR count). The van der Waals surface area contributed by atoms with Crippen LogP contribution in [-0.4, -0.2) is 33.0 Å². The lowest BCUT2D eigenvalue weighted by Gasteiger charge is -2.13. The molecule has 0 aliphatic carbocycles. The summed E-state index contributed by atoms with van der Waals surface area (Å²) in [4.78, 5) is 16.3. The normalized spacial score (nSPS) is 13.0. The Balaban J connectivity index is 2.57. The van der Waals surface area contributed by atoms with E-state index >= 15 is 0 Å². The van der Waals surface area contributed by atoms with Crippen LogP contribution >= 0.6 is 11.8 Å². The van der Waals surface area contributed by atoms with E-state index in [1.807, 2.05) is 34.6 Å². The Bertz CT molecular complexity index is 404. The van der Waals surface area contributed by atoms with Crippen molar-refractivity contribution in [2.75, 3.05) is 6.61 Å². The summed E-state index contributed by atoms with van der Waals surface area (Å²) in [6, 6.07) is 0. The topological polar surface area (TPSA) is 67.9 Å². The van der Waals surface area contributed by atoms with E-state index in [1.165, 1.54) is 11.8 Å². The number of H-pyrrole nitrogens is 1. The first-order chi connectivity index (χ1) is 8.93. The highest BCUT2D eigenvalue weighted by Gasteiger charge is 2.22. The molecule has 0 bridgehead atoms. The Hall–Kier alpha value is -1.04. The maximum absolute atomic E-state index is 11.9. The average Bonchev–Trinajstić information content (AvgIpc) is 2.81. The highest BCUT2D eigenvalue weighted by Crippen LogP contribution is 2.24. The summed E-state index contributed by atoms with van der Waals surface area (Å²) < 4.78 is 5.26. The third-order valence-electron chi connectivity index (χ3n) is 2.47. The van der Waals surface area contributed by atoms with Crippen LogP contribution in [0.3, 0.4) is 0 Å². The summed E-state index contributed by atoms with van der Waals surface area (Å²) in [6.07, 6.45) is 0.702. The van der Waals surface area contributed by atoms with Crippen molar-refractivity contribution in [2.24, 2.45) is 5.92 Å². The van der Waals surface area contributed by atoms with Gasteiger partial charge in [0.15, 0.2) is 0 Å². The molecule has 1 unspecified atom stereocenters. The van der Waals surface area contributed by atoms with Crippen molar-refractivity contribution in [1.82, 2.24) is 15.2 Å². The zero-order valence-corrected chi connectivity index (χ0v) is 13.1. The number of ether oxygens (including phenoxy) is 1. The minimum Gasteiger partial charge on any atom is -0.465 e. The molecule has 0 aliphatic heterocycles. The number of aromatic nitrogens is 3. The van der Waals surface area contributed by atoms with Crippen LogP contribution in [0.5, 0.6) is 0 Å². The van der Waals surface area contributed by atoms with E-state index < -0.39 is 0 Å². The van der Waals surface area contributed by atoms with E-state index in [2.05, 4.69) is 15.2 Å². The van der Waals surface area contributed by atoms with Gasteiger partial charge >= 0.3 is 5.97 Å². The number of hydrogen-bond acceptors (Lipinski definition) is 5.